The summed E-state index contributed by atoms with van der Waals surface area (Å²) in [5.74, 6) is 0. The maximum absolute atomic E-state index is 8.42. The van der Waals surface area contributed by atoms with Crippen LogP contribution in [0.2, 0.25) is 0 Å². The van der Waals surface area contributed by atoms with Crippen molar-refractivity contribution in [3.8, 4) is 22.3 Å². The highest BCUT2D eigenvalue weighted by molar-refractivity contribution is 5.74. The molecule has 3 aromatic carbocycles. The molecule has 0 radical (unpaired) electrons. The molecule has 23 heavy (non-hydrogen) atoms. The van der Waals surface area contributed by atoms with Crippen molar-refractivity contribution < 1.29 is 9.60 Å². The van der Waals surface area contributed by atoms with Gasteiger partial charge >= 0.3 is 0 Å². The van der Waals surface area contributed by atoms with Crippen LogP contribution in [0.5, 0.6) is 0 Å². The summed E-state index contributed by atoms with van der Waals surface area (Å²) in [4.78, 5) is 0. The monoisotopic (exact) mass is 307 g/mol. The minimum absolute atomic E-state index is 0.0156. The van der Waals surface area contributed by atoms with Crippen molar-refractivity contribution in [1.29, 1.82) is 0 Å². The van der Waals surface area contributed by atoms with Gasteiger partial charge in [0.15, 0.2) is 0 Å². The van der Waals surface area contributed by atoms with E-state index in [2.05, 4.69) is 0 Å². The van der Waals surface area contributed by atoms with E-state index in [1.165, 1.54) is 6.07 Å². The van der Waals surface area contributed by atoms with E-state index in [4.69, 9.17) is 9.60 Å². The zero-order valence-corrected chi connectivity index (χ0v) is 13.9. The molecular weight excluding hydrogens is 276 g/mol. The standard InChI is InChI=1S/C23H24/c1-17-10-12-19(13-11-17)21-14-20(18-8-6-5-7-9-18)15-22(16-21)23(2,3)4/h5-16H,1-4H3/i5D,6D,7D,8D,10D,11D,12D. The highest BCUT2D eigenvalue weighted by Gasteiger charge is 2.16. The predicted octanol–water partition coefficient (Wildman–Crippen LogP) is 6.63. The first-order chi connectivity index (χ1) is 13.8. The Hall–Kier alpha value is -2.34. The second kappa shape index (κ2) is 6.04. The molecule has 0 amide bonds. The van der Waals surface area contributed by atoms with Crippen LogP contribution >= 0.6 is 0 Å². The lowest BCUT2D eigenvalue weighted by Crippen LogP contribution is -2.11. The third-order valence-corrected chi connectivity index (χ3v) is 3.79. The SMILES string of the molecule is [2H]c1cc(-c2cc(-c3cc([2H])c(C)c([2H])c3[2H])cc(C(C)(C)C)c2)c([2H])c([2H])c1[2H]. The summed E-state index contributed by atoms with van der Waals surface area (Å²) in [6, 6.07) is 8.05. The first-order valence-electron chi connectivity index (χ1n) is 11.1. The van der Waals surface area contributed by atoms with Crippen molar-refractivity contribution in [3.63, 3.8) is 0 Å². The molecule has 0 aliphatic carbocycles. The minimum Gasteiger partial charge on any atom is -0.0622 e. The van der Waals surface area contributed by atoms with Crippen molar-refractivity contribution >= 4 is 0 Å². The molecule has 116 valence electrons. The first kappa shape index (κ1) is 9.08. The Morgan fingerprint density at radius 2 is 1.39 bits per heavy atom. The van der Waals surface area contributed by atoms with Gasteiger partial charge in [-0.3, -0.25) is 0 Å². The van der Waals surface area contributed by atoms with Gasteiger partial charge in [0.2, 0.25) is 0 Å². The van der Waals surface area contributed by atoms with Crippen LogP contribution in [0.4, 0.5) is 0 Å². The van der Waals surface area contributed by atoms with Crippen molar-refractivity contribution in [2.45, 2.75) is 33.1 Å². The van der Waals surface area contributed by atoms with Crippen LogP contribution in [0.3, 0.4) is 0 Å². The number of hydrogen-bond acceptors (Lipinski definition) is 0. The molecule has 0 spiro atoms. The molecule has 0 aliphatic heterocycles. The lowest BCUT2D eigenvalue weighted by Gasteiger charge is -2.22. The van der Waals surface area contributed by atoms with Crippen LogP contribution in [0.25, 0.3) is 22.3 Å². The lowest BCUT2D eigenvalue weighted by molar-refractivity contribution is 0.590. The summed E-state index contributed by atoms with van der Waals surface area (Å²) in [6.07, 6.45) is 0. The predicted molar refractivity (Wildman–Crippen MR) is 101 cm³/mol. The van der Waals surface area contributed by atoms with Gasteiger partial charge in [0.25, 0.3) is 0 Å². The van der Waals surface area contributed by atoms with Crippen LogP contribution < -0.4 is 0 Å². The molecule has 3 aromatic rings. The van der Waals surface area contributed by atoms with Crippen molar-refractivity contribution in [1.82, 2.24) is 0 Å². The molecule has 0 aliphatic rings. The van der Waals surface area contributed by atoms with E-state index in [0.29, 0.717) is 27.8 Å². The van der Waals surface area contributed by atoms with Crippen molar-refractivity contribution in [3.05, 3.63) is 83.8 Å². The smallest absolute Gasteiger partial charge is 0.0622 e. The second-order valence-corrected chi connectivity index (χ2v) is 6.70. The summed E-state index contributed by atoms with van der Waals surface area (Å²) in [5, 5.41) is 0. The van der Waals surface area contributed by atoms with Gasteiger partial charge in [-0.1, -0.05) is 92.9 Å². The molecule has 0 saturated heterocycles. The summed E-state index contributed by atoms with van der Waals surface area (Å²) in [7, 11) is 0. The van der Waals surface area contributed by atoms with E-state index in [0.717, 1.165) is 5.56 Å². The average Bonchev–Trinajstić information content (AvgIpc) is 2.69. The normalized spacial score (nSPS) is 15.7. The van der Waals surface area contributed by atoms with Crippen molar-refractivity contribution in [2.75, 3.05) is 0 Å². The molecule has 0 atom stereocenters. The average molecular weight is 307 g/mol. The summed E-state index contributed by atoms with van der Waals surface area (Å²) < 4.78 is 56.9. The van der Waals surface area contributed by atoms with E-state index >= 15 is 0 Å². The highest BCUT2D eigenvalue weighted by atomic mass is 14.2. The molecule has 0 heterocycles. The summed E-state index contributed by atoms with van der Waals surface area (Å²) in [6.45, 7) is 7.78. The molecule has 0 nitrogen and oxygen atoms in total. The topological polar surface area (TPSA) is 0 Å². The van der Waals surface area contributed by atoms with Crippen LogP contribution in [0.15, 0.2) is 72.6 Å². The number of hydrogen-bond donors (Lipinski definition) is 0. The number of benzene rings is 3. The fourth-order valence-corrected chi connectivity index (χ4v) is 2.38. The molecule has 0 bridgehead atoms. The summed E-state index contributed by atoms with van der Waals surface area (Å²) in [5.41, 5.74) is 3.23. The molecular formula is C23H24. The van der Waals surface area contributed by atoms with Gasteiger partial charge in [0.05, 0.1) is 9.60 Å². The highest BCUT2D eigenvalue weighted by Crippen LogP contribution is 2.33. The first-order valence-corrected chi connectivity index (χ1v) is 7.64. The van der Waals surface area contributed by atoms with E-state index in [1.807, 2.05) is 32.9 Å². The zero-order valence-electron chi connectivity index (χ0n) is 20.9. The van der Waals surface area contributed by atoms with Crippen LogP contribution in [0, 0.1) is 6.92 Å². The van der Waals surface area contributed by atoms with E-state index < -0.39 is 0 Å². The van der Waals surface area contributed by atoms with Gasteiger partial charge in [0.1, 0.15) is 0 Å². The fourth-order valence-electron chi connectivity index (χ4n) is 2.38. The Labute approximate surface area is 149 Å². The van der Waals surface area contributed by atoms with Crippen molar-refractivity contribution in [2.24, 2.45) is 0 Å². The quantitative estimate of drug-likeness (QED) is 0.498. The zero-order chi connectivity index (χ0) is 22.5. The molecule has 0 fully saturated rings. The molecule has 3 rings (SSSR count). The van der Waals surface area contributed by atoms with Gasteiger partial charge in [-0.05, 0) is 46.2 Å². The molecule has 0 heteroatoms. The molecule has 0 unspecified atom stereocenters. The number of rotatable bonds is 2. The lowest BCUT2D eigenvalue weighted by atomic mass is 9.83. The molecule has 0 saturated carbocycles. The van der Waals surface area contributed by atoms with Gasteiger partial charge in [0, 0.05) is 0 Å². The third-order valence-electron chi connectivity index (χ3n) is 3.79. The van der Waals surface area contributed by atoms with E-state index in [9.17, 15) is 0 Å². The maximum Gasteiger partial charge on any atom is 0.0629 e. The van der Waals surface area contributed by atoms with Gasteiger partial charge in [-0.15, -0.1) is 0 Å². The van der Waals surface area contributed by atoms with Gasteiger partial charge < -0.3 is 0 Å². The van der Waals surface area contributed by atoms with Crippen LogP contribution in [-0.4, -0.2) is 0 Å². The largest absolute Gasteiger partial charge is 0.0629 e. The second-order valence-electron chi connectivity index (χ2n) is 6.70. The Morgan fingerprint density at radius 3 is 2.09 bits per heavy atom. The third kappa shape index (κ3) is 3.53. The van der Waals surface area contributed by atoms with E-state index in [1.54, 1.807) is 19.1 Å². The molecule has 0 N–H and O–H groups in total. The van der Waals surface area contributed by atoms with Gasteiger partial charge in [-0.25, -0.2) is 0 Å². The van der Waals surface area contributed by atoms with Crippen LogP contribution in [0.1, 0.15) is 41.5 Å². The van der Waals surface area contributed by atoms with Crippen LogP contribution in [-0.2, 0) is 5.41 Å². The maximum atomic E-state index is 8.42. The summed E-state index contributed by atoms with van der Waals surface area (Å²) >= 11 is 0. The Morgan fingerprint density at radius 1 is 0.696 bits per heavy atom. The Bertz CT molecular complexity index is 1080. The minimum atomic E-state index is -0.293. The molecule has 0 aromatic heterocycles. The Balaban J connectivity index is 2.37. The van der Waals surface area contributed by atoms with Gasteiger partial charge in [-0.2, -0.15) is 0 Å². The Kier molecular flexibility index (Phi) is 2.38. The van der Waals surface area contributed by atoms with E-state index in [-0.39, 0.29) is 47.7 Å². The fraction of sp³-hybridized carbons (Fsp3) is 0.217.